The highest BCUT2D eigenvalue weighted by atomic mass is 32.2. The molecule has 0 fully saturated rings. The number of benzene rings is 3. The lowest BCUT2D eigenvalue weighted by atomic mass is 10.00. The number of sulfonamides is 1. The van der Waals surface area contributed by atoms with Gasteiger partial charge in [0, 0.05) is 11.3 Å². The van der Waals surface area contributed by atoms with E-state index in [1.807, 2.05) is 0 Å². The van der Waals surface area contributed by atoms with Crippen LogP contribution in [0, 0.1) is 16.7 Å². The molecule has 3 aromatic rings. The first-order valence-electron chi connectivity index (χ1n) is 12.3. The Balaban J connectivity index is 0.000000860. The molecule has 0 spiro atoms. The Kier molecular flexibility index (Phi) is 11.7. The number of carboxylic acid groups (broad SMARTS) is 2. The molecule has 1 unspecified atom stereocenters. The molecule has 0 saturated heterocycles. The van der Waals surface area contributed by atoms with Crippen molar-refractivity contribution >= 4 is 39.4 Å². The maximum absolute atomic E-state index is 13.3. The monoisotopic (exact) mass is 633 g/mol. The molecule has 12 nitrogen and oxygen atoms in total. The van der Waals surface area contributed by atoms with Crippen molar-refractivity contribution in [2.24, 2.45) is 5.73 Å². The number of carboxylic acids is 2. The van der Waals surface area contributed by atoms with E-state index < -0.39 is 46.6 Å². The predicted octanol–water partition coefficient (Wildman–Crippen LogP) is 3.04. The zero-order valence-corrected chi connectivity index (χ0v) is 23.7. The minimum atomic E-state index is -5.08. The zero-order chi connectivity index (χ0) is 33.2. The number of hydrogen-bond acceptors (Lipinski definition) is 7. The van der Waals surface area contributed by atoms with Gasteiger partial charge in [-0.15, -0.1) is 0 Å². The van der Waals surface area contributed by atoms with Crippen LogP contribution in [0.1, 0.15) is 16.7 Å². The maximum Gasteiger partial charge on any atom is 0.490 e. The molecule has 0 radical (unpaired) electrons. The van der Waals surface area contributed by atoms with Crippen LogP contribution >= 0.6 is 0 Å². The van der Waals surface area contributed by atoms with Gasteiger partial charge in [-0.25, -0.2) is 13.2 Å². The number of rotatable bonds is 10. The Labute approximate surface area is 249 Å². The second kappa shape index (κ2) is 14.8. The van der Waals surface area contributed by atoms with Gasteiger partial charge in [-0.3, -0.25) is 15.0 Å². The average molecular weight is 634 g/mol. The van der Waals surface area contributed by atoms with E-state index in [0.29, 0.717) is 26.7 Å². The third-order valence-electron chi connectivity index (χ3n) is 5.79. The van der Waals surface area contributed by atoms with Crippen molar-refractivity contribution in [2.75, 3.05) is 18.1 Å². The standard InChI is InChI=1S/C26H25N5O5S.C2HF3O2/c1-37(35,36)31(16-24(32)33)23(14-17-5-4-7-19(13-17)25(28)29)26(34)30-21-11-9-18(10-12-21)22-8-3-2-6-20(22)15-27;3-2(4,5)1(6)7/h2-13,23H,14,16H2,1H3,(H3,28,29)(H,30,34)(H,32,33);(H,6,7). The number of anilines is 1. The lowest BCUT2D eigenvalue weighted by molar-refractivity contribution is -0.192. The molecule has 0 aliphatic carbocycles. The number of aliphatic carboxylic acids is 2. The first-order valence-corrected chi connectivity index (χ1v) is 14.1. The number of carbonyl (C=O) groups excluding carboxylic acids is 1. The molecule has 0 aliphatic heterocycles. The van der Waals surface area contributed by atoms with Gasteiger partial charge in [-0.05, 0) is 47.4 Å². The van der Waals surface area contributed by atoms with Crippen molar-refractivity contribution in [1.82, 2.24) is 4.31 Å². The van der Waals surface area contributed by atoms with Crippen molar-refractivity contribution < 1.29 is 46.2 Å². The summed E-state index contributed by atoms with van der Waals surface area (Å²) in [6.45, 7) is -0.910. The van der Waals surface area contributed by atoms with E-state index in [1.165, 1.54) is 0 Å². The van der Waals surface area contributed by atoms with Gasteiger partial charge in [0.2, 0.25) is 15.9 Å². The van der Waals surface area contributed by atoms with Gasteiger partial charge in [-0.2, -0.15) is 22.7 Å². The van der Waals surface area contributed by atoms with E-state index in [1.54, 1.807) is 72.8 Å². The van der Waals surface area contributed by atoms with Crippen LogP contribution in [-0.4, -0.2) is 71.6 Å². The molecule has 0 heterocycles. The second-order valence-corrected chi connectivity index (χ2v) is 11.0. The van der Waals surface area contributed by atoms with E-state index in [4.69, 9.17) is 21.0 Å². The van der Waals surface area contributed by atoms with Gasteiger partial charge < -0.3 is 21.3 Å². The smallest absolute Gasteiger partial charge is 0.480 e. The summed E-state index contributed by atoms with van der Waals surface area (Å²) in [7, 11) is -4.10. The van der Waals surface area contributed by atoms with Crippen molar-refractivity contribution in [1.29, 1.82) is 10.7 Å². The van der Waals surface area contributed by atoms with Crippen LogP contribution in [0.5, 0.6) is 0 Å². The number of nitriles is 1. The lowest BCUT2D eigenvalue weighted by Crippen LogP contribution is -2.50. The van der Waals surface area contributed by atoms with Crippen LogP contribution < -0.4 is 11.1 Å². The molecule has 0 bridgehead atoms. The number of amidine groups is 1. The first kappa shape index (κ1) is 34.9. The van der Waals surface area contributed by atoms with Crippen molar-refractivity contribution in [3.05, 3.63) is 89.5 Å². The molecule has 44 heavy (non-hydrogen) atoms. The summed E-state index contributed by atoms with van der Waals surface area (Å²) < 4.78 is 57.4. The normalized spacial score (nSPS) is 11.8. The Morgan fingerprint density at radius 1 is 1.05 bits per heavy atom. The molecule has 6 N–H and O–H groups in total. The average Bonchev–Trinajstić information content (AvgIpc) is 2.94. The number of carbonyl (C=O) groups is 3. The summed E-state index contributed by atoms with van der Waals surface area (Å²) in [5.41, 5.74) is 8.74. The van der Waals surface area contributed by atoms with E-state index in [-0.39, 0.29) is 12.3 Å². The van der Waals surface area contributed by atoms with Crippen LogP contribution in [0.25, 0.3) is 11.1 Å². The Morgan fingerprint density at radius 2 is 1.64 bits per heavy atom. The highest BCUT2D eigenvalue weighted by Crippen LogP contribution is 2.25. The molecule has 232 valence electrons. The number of alkyl halides is 3. The molecular weight excluding hydrogens is 607 g/mol. The second-order valence-electron chi connectivity index (χ2n) is 9.06. The summed E-state index contributed by atoms with van der Waals surface area (Å²) in [6.07, 6.45) is -4.40. The van der Waals surface area contributed by atoms with Crippen molar-refractivity contribution in [3.8, 4) is 17.2 Å². The third-order valence-corrected chi connectivity index (χ3v) is 7.02. The quantitative estimate of drug-likeness (QED) is 0.164. The van der Waals surface area contributed by atoms with Crippen molar-refractivity contribution in [3.63, 3.8) is 0 Å². The number of hydrogen-bond donors (Lipinski definition) is 5. The fourth-order valence-corrected chi connectivity index (χ4v) is 4.77. The van der Waals surface area contributed by atoms with Crippen LogP contribution in [0.15, 0.2) is 72.8 Å². The lowest BCUT2D eigenvalue weighted by Gasteiger charge is -2.28. The molecular formula is C28H26F3N5O7S. The van der Waals surface area contributed by atoms with Gasteiger partial charge in [0.1, 0.15) is 18.4 Å². The largest absolute Gasteiger partial charge is 0.490 e. The highest BCUT2D eigenvalue weighted by Gasteiger charge is 2.38. The zero-order valence-electron chi connectivity index (χ0n) is 22.9. The van der Waals surface area contributed by atoms with Gasteiger partial charge in [0.25, 0.3) is 0 Å². The molecule has 0 saturated carbocycles. The summed E-state index contributed by atoms with van der Waals surface area (Å²) in [5, 5.41) is 36.1. The van der Waals surface area contributed by atoms with Crippen LogP contribution in [-0.2, 0) is 30.8 Å². The van der Waals surface area contributed by atoms with Crippen LogP contribution in [0.3, 0.4) is 0 Å². The highest BCUT2D eigenvalue weighted by molar-refractivity contribution is 7.88. The molecule has 16 heteroatoms. The summed E-state index contributed by atoms with van der Waals surface area (Å²) in [4.78, 5) is 33.7. The van der Waals surface area contributed by atoms with Gasteiger partial charge in [0.15, 0.2) is 0 Å². The first-order chi connectivity index (χ1) is 20.4. The Hall–Kier alpha value is -5.27. The maximum atomic E-state index is 13.3. The van der Waals surface area contributed by atoms with Crippen LogP contribution in [0.2, 0.25) is 0 Å². The molecule has 3 rings (SSSR count). The van der Waals surface area contributed by atoms with E-state index in [0.717, 1.165) is 17.4 Å². The number of nitrogens with one attached hydrogen (secondary N) is 2. The Bertz CT molecular complexity index is 1690. The van der Waals surface area contributed by atoms with E-state index in [2.05, 4.69) is 11.4 Å². The van der Waals surface area contributed by atoms with E-state index in [9.17, 15) is 41.5 Å². The van der Waals surface area contributed by atoms with Gasteiger partial charge in [0.05, 0.1) is 17.9 Å². The summed E-state index contributed by atoms with van der Waals surface area (Å²) >= 11 is 0. The summed E-state index contributed by atoms with van der Waals surface area (Å²) in [5.74, 6) is -5.11. The molecule has 0 aliphatic rings. The Morgan fingerprint density at radius 3 is 2.14 bits per heavy atom. The molecule has 1 atom stereocenters. The molecule has 0 aromatic heterocycles. The molecule has 3 aromatic carbocycles. The predicted molar refractivity (Wildman–Crippen MR) is 153 cm³/mol. The minimum absolute atomic E-state index is 0.152. The minimum Gasteiger partial charge on any atom is -0.480 e. The van der Waals surface area contributed by atoms with Crippen molar-refractivity contribution in [2.45, 2.75) is 18.6 Å². The fraction of sp³-hybridized carbons (Fsp3) is 0.179. The summed E-state index contributed by atoms with van der Waals surface area (Å²) in [6, 6.07) is 20.8. The fourth-order valence-electron chi connectivity index (χ4n) is 3.80. The third kappa shape index (κ3) is 10.2. The number of halogens is 3. The molecule has 1 amide bonds. The number of nitrogens with two attached hydrogens (primary N) is 1. The van der Waals surface area contributed by atoms with E-state index >= 15 is 0 Å². The number of nitrogen functional groups attached to an aromatic ring is 1. The van der Waals surface area contributed by atoms with Crippen LogP contribution in [0.4, 0.5) is 18.9 Å². The van der Waals surface area contributed by atoms with Gasteiger partial charge >= 0.3 is 18.1 Å². The van der Waals surface area contributed by atoms with Gasteiger partial charge in [-0.1, -0.05) is 48.5 Å². The topological polar surface area (TPSA) is 215 Å². The number of nitrogens with zero attached hydrogens (tertiary/aromatic N) is 2. The SMILES string of the molecule is CS(=O)(=O)N(CC(=O)O)C(Cc1cccc(C(=N)N)c1)C(=O)Nc1ccc(-c2ccccc2C#N)cc1.O=C(O)C(F)(F)F. The number of amides is 1.